The lowest BCUT2D eigenvalue weighted by Crippen LogP contribution is -2.32. The Bertz CT molecular complexity index is 880. The summed E-state index contributed by atoms with van der Waals surface area (Å²) in [5.74, 6) is -0.661. The zero-order valence-corrected chi connectivity index (χ0v) is 15.9. The lowest BCUT2D eigenvalue weighted by atomic mass is 10.1. The van der Waals surface area contributed by atoms with Crippen molar-refractivity contribution < 1.29 is 17.6 Å². The van der Waals surface area contributed by atoms with Crippen LogP contribution in [0, 0.1) is 12.7 Å². The van der Waals surface area contributed by atoms with E-state index in [1.807, 2.05) is 13.8 Å². The Labute approximate surface area is 153 Å². The zero-order chi connectivity index (χ0) is 19.3. The Kier molecular flexibility index (Phi) is 6.37. The number of amides is 1. The van der Waals surface area contributed by atoms with Crippen LogP contribution in [0.5, 0.6) is 0 Å². The van der Waals surface area contributed by atoms with Gasteiger partial charge in [-0.15, -0.1) is 0 Å². The van der Waals surface area contributed by atoms with Gasteiger partial charge in [0.05, 0.1) is 4.90 Å². The van der Waals surface area contributed by atoms with Gasteiger partial charge in [0.2, 0.25) is 0 Å². The Hall–Kier alpha value is -2.41. The SMILES string of the molecule is CCCC(C)NC(=O)c1ccc(NS(=O)(=O)c2ccc(F)c(C)c2)cc1. The zero-order valence-electron chi connectivity index (χ0n) is 15.0. The molecule has 2 aromatic rings. The van der Waals surface area contributed by atoms with Gasteiger partial charge in [-0.1, -0.05) is 13.3 Å². The molecule has 1 unspecified atom stereocenters. The van der Waals surface area contributed by atoms with E-state index in [1.54, 1.807) is 12.1 Å². The molecular weight excluding hydrogens is 355 g/mol. The van der Waals surface area contributed by atoms with Crippen LogP contribution in [0.3, 0.4) is 0 Å². The molecule has 5 nitrogen and oxygen atoms in total. The largest absolute Gasteiger partial charge is 0.350 e. The molecule has 1 atom stereocenters. The first-order valence-electron chi connectivity index (χ1n) is 8.43. The van der Waals surface area contributed by atoms with Gasteiger partial charge in [-0.3, -0.25) is 9.52 Å². The van der Waals surface area contributed by atoms with Crippen molar-refractivity contribution in [2.45, 2.75) is 44.6 Å². The molecule has 0 aliphatic heterocycles. The van der Waals surface area contributed by atoms with Crippen molar-refractivity contribution in [1.29, 1.82) is 0 Å². The molecule has 26 heavy (non-hydrogen) atoms. The van der Waals surface area contributed by atoms with Crippen LogP contribution in [0.1, 0.15) is 42.6 Å². The number of nitrogens with one attached hydrogen (secondary N) is 2. The molecule has 0 saturated carbocycles. The molecule has 0 fully saturated rings. The number of sulfonamides is 1. The van der Waals surface area contributed by atoms with Crippen LogP contribution in [0.25, 0.3) is 0 Å². The normalized spacial score (nSPS) is 12.5. The summed E-state index contributed by atoms with van der Waals surface area (Å²) in [6.45, 7) is 5.49. The highest BCUT2D eigenvalue weighted by Gasteiger charge is 2.16. The second-order valence-electron chi connectivity index (χ2n) is 6.26. The number of carbonyl (C=O) groups is 1. The van der Waals surface area contributed by atoms with Crippen molar-refractivity contribution in [3.63, 3.8) is 0 Å². The van der Waals surface area contributed by atoms with E-state index in [-0.39, 0.29) is 22.4 Å². The van der Waals surface area contributed by atoms with Crippen LogP contribution in [0.2, 0.25) is 0 Å². The topological polar surface area (TPSA) is 75.3 Å². The van der Waals surface area contributed by atoms with E-state index in [9.17, 15) is 17.6 Å². The second-order valence-corrected chi connectivity index (χ2v) is 7.94. The molecule has 0 bridgehead atoms. The van der Waals surface area contributed by atoms with Crippen molar-refractivity contribution in [1.82, 2.24) is 5.32 Å². The predicted octanol–water partition coefficient (Wildman–Crippen LogP) is 3.85. The fraction of sp³-hybridized carbons (Fsp3) is 0.316. The number of hydrogen-bond acceptors (Lipinski definition) is 3. The lowest BCUT2D eigenvalue weighted by molar-refractivity contribution is 0.0938. The first-order valence-corrected chi connectivity index (χ1v) is 9.91. The summed E-state index contributed by atoms with van der Waals surface area (Å²) in [5.41, 5.74) is 1.03. The highest BCUT2D eigenvalue weighted by molar-refractivity contribution is 7.92. The van der Waals surface area contributed by atoms with Crippen LogP contribution < -0.4 is 10.0 Å². The summed E-state index contributed by atoms with van der Waals surface area (Å²) < 4.78 is 40.5. The van der Waals surface area contributed by atoms with Crippen molar-refractivity contribution >= 4 is 21.6 Å². The predicted molar refractivity (Wildman–Crippen MR) is 100 cm³/mol. The van der Waals surface area contributed by atoms with E-state index in [1.165, 1.54) is 31.2 Å². The van der Waals surface area contributed by atoms with Gasteiger partial charge in [-0.05, 0) is 68.3 Å². The van der Waals surface area contributed by atoms with Gasteiger partial charge < -0.3 is 5.32 Å². The number of carbonyl (C=O) groups excluding carboxylic acids is 1. The number of hydrogen-bond donors (Lipinski definition) is 2. The second kappa shape index (κ2) is 8.31. The van der Waals surface area contributed by atoms with Gasteiger partial charge in [0.1, 0.15) is 5.82 Å². The van der Waals surface area contributed by atoms with E-state index in [4.69, 9.17) is 0 Å². The molecule has 0 aromatic heterocycles. The summed E-state index contributed by atoms with van der Waals surface area (Å²) in [4.78, 5) is 12.1. The number of anilines is 1. The maximum atomic E-state index is 13.3. The summed E-state index contributed by atoms with van der Waals surface area (Å²) in [6, 6.07) is 9.84. The summed E-state index contributed by atoms with van der Waals surface area (Å²) in [5, 5.41) is 2.89. The number of benzene rings is 2. The van der Waals surface area contributed by atoms with E-state index < -0.39 is 15.8 Å². The van der Waals surface area contributed by atoms with Crippen LogP contribution in [0.4, 0.5) is 10.1 Å². The van der Waals surface area contributed by atoms with Crippen molar-refractivity contribution in [3.8, 4) is 0 Å². The van der Waals surface area contributed by atoms with E-state index >= 15 is 0 Å². The van der Waals surface area contributed by atoms with Gasteiger partial charge >= 0.3 is 0 Å². The number of aryl methyl sites for hydroxylation is 1. The van der Waals surface area contributed by atoms with Crippen molar-refractivity contribution in [2.75, 3.05) is 4.72 Å². The summed E-state index contributed by atoms with van der Waals surface area (Å²) >= 11 is 0. The average Bonchev–Trinajstić information content (AvgIpc) is 2.57. The Balaban J connectivity index is 2.10. The minimum absolute atomic E-state index is 0.0217. The summed E-state index contributed by atoms with van der Waals surface area (Å²) in [6.07, 6.45) is 1.87. The van der Waals surface area contributed by atoms with E-state index in [0.29, 0.717) is 11.3 Å². The fourth-order valence-electron chi connectivity index (χ4n) is 2.50. The minimum Gasteiger partial charge on any atom is -0.350 e. The van der Waals surface area contributed by atoms with Gasteiger partial charge in [0, 0.05) is 17.3 Å². The molecule has 0 spiro atoms. The molecule has 1 amide bonds. The Morgan fingerprint density at radius 1 is 1.15 bits per heavy atom. The van der Waals surface area contributed by atoms with Gasteiger partial charge in [-0.25, -0.2) is 12.8 Å². The number of rotatable bonds is 7. The molecule has 0 aliphatic rings. The first kappa shape index (κ1) is 19.9. The first-order chi connectivity index (χ1) is 12.2. The molecule has 0 aliphatic carbocycles. The van der Waals surface area contributed by atoms with E-state index in [2.05, 4.69) is 10.0 Å². The number of halogens is 1. The molecule has 2 rings (SSSR count). The molecule has 140 valence electrons. The molecule has 2 aromatic carbocycles. The van der Waals surface area contributed by atoms with Gasteiger partial charge in [0.15, 0.2) is 0 Å². The molecule has 0 radical (unpaired) electrons. The standard InChI is InChI=1S/C19H23FN2O3S/c1-4-5-14(3)21-19(23)15-6-8-16(9-7-15)22-26(24,25)17-10-11-18(20)13(2)12-17/h6-12,14,22H,4-5H2,1-3H3,(H,21,23). The average molecular weight is 378 g/mol. The highest BCUT2D eigenvalue weighted by Crippen LogP contribution is 2.19. The highest BCUT2D eigenvalue weighted by atomic mass is 32.2. The lowest BCUT2D eigenvalue weighted by Gasteiger charge is -2.13. The quantitative estimate of drug-likeness (QED) is 0.768. The van der Waals surface area contributed by atoms with Crippen LogP contribution in [0.15, 0.2) is 47.4 Å². The van der Waals surface area contributed by atoms with E-state index in [0.717, 1.165) is 18.9 Å². The third kappa shape index (κ3) is 5.05. The molecule has 0 heterocycles. The fourth-order valence-corrected chi connectivity index (χ4v) is 3.64. The van der Waals surface area contributed by atoms with Gasteiger partial charge in [0.25, 0.3) is 15.9 Å². The van der Waals surface area contributed by atoms with Crippen LogP contribution in [-0.2, 0) is 10.0 Å². The maximum Gasteiger partial charge on any atom is 0.261 e. The Morgan fingerprint density at radius 2 is 1.81 bits per heavy atom. The van der Waals surface area contributed by atoms with Crippen molar-refractivity contribution in [2.24, 2.45) is 0 Å². The monoisotopic (exact) mass is 378 g/mol. The molecule has 2 N–H and O–H groups in total. The molecular formula is C19H23FN2O3S. The van der Waals surface area contributed by atoms with Crippen molar-refractivity contribution in [3.05, 3.63) is 59.4 Å². The molecule has 0 saturated heterocycles. The smallest absolute Gasteiger partial charge is 0.261 e. The summed E-state index contributed by atoms with van der Waals surface area (Å²) in [7, 11) is -3.83. The minimum atomic E-state index is -3.83. The Morgan fingerprint density at radius 3 is 2.38 bits per heavy atom. The molecule has 7 heteroatoms. The van der Waals surface area contributed by atoms with Gasteiger partial charge in [-0.2, -0.15) is 0 Å². The third-order valence-electron chi connectivity index (χ3n) is 3.94. The van der Waals surface area contributed by atoms with Crippen LogP contribution in [-0.4, -0.2) is 20.4 Å². The van der Waals surface area contributed by atoms with Crippen LogP contribution >= 0.6 is 0 Å². The maximum absolute atomic E-state index is 13.3. The third-order valence-corrected chi connectivity index (χ3v) is 5.32.